The van der Waals surface area contributed by atoms with Gasteiger partial charge in [-0.15, -0.1) is 5.10 Å². The Morgan fingerprint density at radius 1 is 1.53 bits per heavy atom. The number of hydrogen-bond donors (Lipinski definition) is 1. The Morgan fingerprint density at radius 3 is 2.88 bits per heavy atom. The molecule has 1 heterocycles. The van der Waals surface area contributed by atoms with Crippen LogP contribution in [0.15, 0.2) is 6.20 Å². The molecule has 17 heavy (non-hydrogen) atoms. The van der Waals surface area contributed by atoms with Crippen molar-refractivity contribution in [1.82, 2.24) is 25.2 Å². The lowest BCUT2D eigenvalue weighted by molar-refractivity contribution is -0.109. The van der Waals surface area contributed by atoms with Crippen LogP contribution in [0.4, 0.5) is 0 Å². The van der Waals surface area contributed by atoms with Crippen LogP contribution in [0, 0.1) is 0 Å². The fourth-order valence-corrected chi connectivity index (χ4v) is 1.39. The van der Waals surface area contributed by atoms with Gasteiger partial charge in [-0.2, -0.15) is 0 Å². The van der Waals surface area contributed by atoms with Gasteiger partial charge in [-0.05, 0) is 13.0 Å². The van der Waals surface area contributed by atoms with Crippen molar-refractivity contribution in [3.05, 3.63) is 11.9 Å². The van der Waals surface area contributed by atoms with Crippen LogP contribution in [0.3, 0.4) is 0 Å². The highest BCUT2D eigenvalue weighted by Crippen LogP contribution is 2.08. The first-order valence-corrected chi connectivity index (χ1v) is 5.89. The lowest BCUT2D eigenvalue weighted by Gasteiger charge is -2.15. The van der Waals surface area contributed by atoms with Gasteiger partial charge in [0.05, 0.1) is 12.2 Å². The van der Waals surface area contributed by atoms with Crippen LogP contribution < -0.4 is 5.32 Å². The zero-order valence-electron chi connectivity index (χ0n) is 10.8. The minimum Gasteiger partial charge on any atom is -0.357 e. The molecule has 0 fully saturated rings. The third kappa shape index (κ3) is 4.95. The Labute approximate surface area is 102 Å². The summed E-state index contributed by atoms with van der Waals surface area (Å²) in [6.45, 7) is 7.43. The number of carbonyl (C=O) groups is 1. The van der Waals surface area contributed by atoms with E-state index in [9.17, 15) is 4.79 Å². The molecule has 1 amide bonds. The van der Waals surface area contributed by atoms with E-state index in [1.807, 2.05) is 17.9 Å². The molecule has 0 aliphatic carbocycles. The predicted octanol–water partition coefficient (Wildman–Crippen LogP) is 0.0793. The summed E-state index contributed by atoms with van der Waals surface area (Å²) in [5.74, 6) is 0.415. The molecule has 6 heteroatoms. The normalized spacial score (nSPS) is 11.1. The summed E-state index contributed by atoms with van der Waals surface area (Å²) >= 11 is 0. The van der Waals surface area contributed by atoms with Crippen molar-refractivity contribution in [2.45, 2.75) is 26.3 Å². The average Bonchev–Trinajstić information content (AvgIpc) is 2.75. The number of hydrogen-bond acceptors (Lipinski definition) is 4. The van der Waals surface area contributed by atoms with Crippen molar-refractivity contribution in [1.29, 1.82) is 0 Å². The zero-order chi connectivity index (χ0) is 12.7. The predicted molar refractivity (Wildman–Crippen MR) is 65.7 cm³/mol. The third-order valence-corrected chi connectivity index (χ3v) is 2.58. The van der Waals surface area contributed by atoms with Crippen LogP contribution in [0.1, 0.15) is 25.5 Å². The molecule has 0 saturated carbocycles. The van der Waals surface area contributed by atoms with Crippen LogP contribution >= 0.6 is 0 Å². The highest BCUT2D eigenvalue weighted by Gasteiger charge is 2.05. The zero-order valence-corrected chi connectivity index (χ0v) is 10.8. The monoisotopic (exact) mass is 239 g/mol. The highest BCUT2D eigenvalue weighted by molar-refractivity contribution is 5.45. The van der Waals surface area contributed by atoms with Gasteiger partial charge in [-0.25, -0.2) is 0 Å². The second-order valence-corrected chi connectivity index (χ2v) is 4.44. The van der Waals surface area contributed by atoms with Crippen molar-refractivity contribution in [2.75, 3.05) is 26.7 Å². The van der Waals surface area contributed by atoms with Crippen LogP contribution in [0.5, 0.6) is 0 Å². The molecule has 6 nitrogen and oxygen atoms in total. The number of rotatable bonds is 8. The Bertz CT molecular complexity index is 336. The van der Waals surface area contributed by atoms with Crippen LogP contribution in [-0.4, -0.2) is 53.0 Å². The van der Waals surface area contributed by atoms with Crippen molar-refractivity contribution in [2.24, 2.45) is 0 Å². The molecule has 1 aromatic rings. The smallest absolute Gasteiger partial charge is 0.207 e. The Hall–Kier alpha value is -1.43. The summed E-state index contributed by atoms with van der Waals surface area (Å²) in [5, 5.41) is 10.8. The Kier molecular flexibility index (Phi) is 5.62. The van der Waals surface area contributed by atoms with Crippen molar-refractivity contribution in [3.8, 4) is 0 Å². The molecule has 0 bridgehead atoms. The summed E-state index contributed by atoms with van der Waals surface area (Å²) in [5.41, 5.74) is 1.02. The molecule has 1 aromatic heterocycles. The fraction of sp³-hybridized carbons (Fsp3) is 0.727. The molecule has 0 aliphatic heterocycles. The maximum atomic E-state index is 10.1. The van der Waals surface area contributed by atoms with Gasteiger partial charge in [0, 0.05) is 25.8 Å². The molecule has 0 aromatic carbocycles. The molecule has 0 atom stereocenters. The Morgan fingerprint density at radius 2 is 2.29 bits per heavy atom. The molecule has 0 aliphatic rings. The number of amides is 1. The van der Waals surface area contributed by atoms with Gasteiger partial charge in [-0.3, -0.25) is 9.48 Å². The van der Waals surface area contributed by atoms with Gasteiger partial charge in [-0.1, -0.05) is 19.1 Å². The number of nitrogens with zero attached hydrogens (tertiary/aromatic N) is 4. The number of carbonyl (C=O) groups excluding carboxylic acids is 1. The van der Waals surface area contributed by atoms with E-state index in [2.05, 4.69) is 34.4 Å². The minimum atomic E-state index is 0.415. The first-order chi connectivity index (χ1) is 8.13. The molecule has 1 rings (SSSR count). The van der Waals surface area contributed by atoms with Crippen LogP contribution in [0.25, 0.3) is 0 Å². The number of aromatic nitrogens is 3. The molecule has 0 radical (unpaired) electrons. The lowest BCUT2D eigenvalue weighted by Crippen LogP contribution is -2.31. The molecular weight excluding hydrogens is 218 g/mol. The number of likely N-dealkylation sites (N-methyl/N-ethyl adjacent to an activating group) is 1. The van der Waals surface area contributed by atoms with E-state index in [0.717, 1.165) is 31.7 Å². The molecule has 0 saturated heterocycles. The van der Waals surface area contributed by atoms with Crippen molar-refractivity contribution >= 4 is 6.41 Å². The van der Waals surface area contributed by atoms with Gasteiger partial charge in [0.1, 0.15) is 0 Å². The second kappa shape index (κ2) is 7.01. The maximum Gasteiger partial charge on any atom is 0.207 e. The first kappa shape index (κ1) is 13.6. The van der Waals surface area contributed by atoms with Crippen molar-refractivity contribution in [3.63, 3.8) is 0 Å². The number of nitrogens with one attached hydrogen (secondary N) is 1. The first-order valence-electron chi connectivity index (χ1n) is 5.89. The molecule has 96 valence electrons. The summed E-state index contributed by atoms with van der Waals surface area (Å²) in [7, 11) is 2.02. The van der Waals surface area contributed by atoms with E-state index < -0.39 is 0 Å². The fourth-order valence-electron chi connectivity index (χ4n) is 1.39. The summed E-state index contributed by atoms with van der Waals surface area (Å²) < 4.78 is 1.86. The molecule has 1 N–H and O–H groups in total. The van der Waals surface area contributed by atoms with E-state index in [-0.39, 0.29) is 0 Å². The lowest BCUT2D eigenvalue weighted by atomic mass is 10.2. The Balaban J connectivity index is 2.26. The van der Waals surface area contributed by atoms with Crippen molar-refractivity contribution < 1.29 is 4.79 Å². The van der Waals surface area contributed by atoms with E-state index in [0.29, 0.717) is 12.5 Å². The summed E-state index contributed by atoms with van der Waals surface area (Å²) in [6, 6.07) is 0. The van der Waals surface area contributed by atoms with Gasteiger partial charge in [0.25, 0.3) is 0 Å². The van der Waals surface area contributed by atoms with Gasteiger partial charge in [0.2, 0.25) is 6.41 Å². The third-order valence-electron chi connectivity index (χ3n) is 2.58. The van der Waals surface area contributed by atoms with E-state index in [1.165, 1.54) is 0 Å². The summed E-state index contributed by atoms with van der Waals surface area (Å²) in [6.07, 6.45) is 2.71. The van der Waals surface area contributed by atoms with E-state index >= 15 is 0 Å². The maximum absolute atomic E-state index is 10.1. The van der Waals surface area contributed by atoms with Crippen LogP contribution in [-0.2, 0) is 11.3 Å². The molecule has 0 unspecified atom stereocenters. The standard InChI is InChI=1S/C11H21N5O/c1-10(2)11-8-16(14-13-11)7-6-15(3)5-4-12-9-17/h8-10H,4-7H2,1-3H3,(H,12,17). The SMILES string of the molecule is CC(C)c1cn(CCN(C)CCNC=O)nn1. The van der Waals surface area contributed by atoms with Gasteiger partial charge in [0.15, 0.2) is 0 Å². The van der Waals surface area contributed by atoms with Gasteiger partial charge >= 0.3 is 0 Å². The largest absolute Gasteiger partial charge is 0.357 e. The van der Waals surface area contributed by atoms with E-state index in [1.54, 1.807) is 0 Å². The average molecular weight is 239 g/mol. The van der Waals surface area contributed by atoms with E-state index in [4.69, 9.17) is 0 Å². The quantitative estimate of drug-likeness (QED) is 0.515. The van der Waals surface area contributed by atoms with Gasteiger partial charge < -0.3 is 10.2 Å². The highest BCUT2D eigenvalue weighted by atomic mass is 16.1. The topological polar surface area (TPSA) is 63.0 Å². The van der Waals surface area contributed by atoms with Crippen LogP contribution in [0.2, 0.25) is 0 Å². The second-order valence-electron chi connectivity index (χ2n) is 4.44. The molecule has 0 spiro atoms. The molecular formula is C11H21N5O. The minimum absolute atomic E-state index is 0.415. The summed E-state index contributed by atoms with van der Waals surface area (Å²) in [4.78, 5) is 12.2.